The Balaban J connectivity index is 2.45. The highest BCUT2D eigenvalue weighted by Crippen LogP contribution is 2.13. The zero-order chi connectivity index (χ0) is 6.69. The Morgan fingerprint density at radius 2 is 2.44 bits per heavy atom. The van der Waals surface area contributed by atoms with E-state index in [1.807, 2.05) is 18.2 Å². The first-order valence-electron chi connectivity index (χ1n) is 2.99. The van der Waals surface area contributed by atoms with E-state index in [9.17, 15) is 0 Å². The van der Waals surface area contributed by atoms with Crippen LogP contribution in [-0.2, 0) is 0 Å². The molecule has 0 bridgehead atoms. The normalized spacial score (nSPS) is 20.0. The third-order valence-corrected chi connectivity index (χ3v) is 1.40. The van der Waals surface area contributed by atoms with E-state index in [0.717, 1.165) is 12.0 Å². The van der Waals surface area contributed by atoms with Gasteiger partial charge >= 0.3 is 0 Å². The summed E-state index contributed by atoms with van der Waals surface area (Å²) in [6.45, 7) is -0.173. The van der Waals surface area contributed by atoms with E-state index >= 15 is 0 Å². The van der Waals surface area contributed by atoms with Crippen LogP contribution in [0.1, 0.15) is 6.42 Å². The molecule has 0 heterocycles. The van der Waals surface area contributed by atoms with Crippen LogP contribution < -0.4 is 0 Å². The summed E-state index contributed by atoms with van der Waals surface area (Å²) in [6, 6.07) is 0. The summed E-state index contributed by atoms with van der Waals surface area (Å²) in [6.07, 6.45) is 5.80. The lowest BCUT2D eigenvalue weighted by Crippen LogP contribution is -2.13. The van der Waals surface area contributed by atoms with Gasteiger partial charge in [0.25, 0.3) is 0 Å². The van der Waals surface area contributed by atoms with Crippen molar-refractivity contribution in [3.63, 3.8) is 0 Å². The van der Waals surface area contributed by atoms with Gasteiger partial charge in [-0.05, 0) is 12.0 Å². The van der Waals surface area contributed by atoms with Gasteiger partial charge in [0.15, 0.2) is 0 Å². The molecule has 0 aromatic rings. The fourth-order valence-corrected chi connectivity index (χ4v) is 0.828. The van der Waals surface area contributed by atoms with E-state index in [4.69, 9.17) is 10.2 Å². The maximum Gasteiger partial charge on any atom is 0.0986 e. The van der Waals surface area contributed by atoms with E-state index in [-0.39, 0.29) is 6.61 Å². The Labute approximate surface area is 54.1 Å². The standard InChI is InChI=1S/C7H10O2/c8-5-7(9)6-3-1-2-4-6/h1-3,7-9H,4-5H2. The molecule has 0 saturated heterocycles. The smallest absolute Gasteiger partial charge is 0.0986 e. The van der Waals surface area contributed by atoms with Crippen molar-refractivity contribution < 1.29 is 10.2 Å². The second-order valence-electron chi connectivity index (χ2n) is 2.07. The van der Waals surface area contributed by atoms with Gasteiger partial charge in [-0.3, -0.25) is 0 Å². The second kappa shape index (κ2) is 2.80. The third-order valence-electron chi connectivity index (χ3n) is 1.40. The van der Waals surface area contributed by atoms with E-state index < -0.39 is 6.10 Å². The predicted molar refractivity (Wildman–Crippen MR) is 34.9 cm³/mol. The lowest BCUT2D eigenvalue weighted by molar-refractivity contribution is 0.121. The summed E-state index contributed by atoms with van der Waals surface area (Å²) in [5, 5.41) is 17.5. The van der Waals surface area contributed by atoms with Gasteiger partial charge in [-0.1, -0.05) is 18.2 Å². The average molecular weight is 126 g/mol. The monoisotopic (exact) mass is 126 g/mol. The molecule has 0 saturated carbocycles. The minimum atomic E-state index is -0.653. The van der Waals surface area contributed by atoms with Crippen LogP contribution >= 0.6 is 0 Å². The average Bonchev–Trinajstić information content (AvgIpc) is 2.37. The summed E-state index contributed by atoms with van der Waals surface area (Å²) in [5.41, 5.74) is 0.900. The molecule has 0 amide bonds. The summed E-state index contributed by atoms with van der Waals surface area (Å²) in [5.74, 6) is 0. The van der Waals surface area contributed by atoms with Crippen LogP contribution in [0.4, 0.5) is 0 Å². The Hall–Kier alpha value is -0.600. The Kier molecular flexibility index (Phi) is 2.03. The summed E-state index contributed by atoms with van der Waals surface area (Å²) < 4.78 is 0. The molecule has 1 unspecified atom stereocenters. The molecule has 2 nitrogen and oxygen atoms in total. The fourth-order valence-electron chi connectivity index (χ4n) is 0.828. The van der Waals surface area contributed by atoms with Gasteiger partial charge in [-0.2, -0.15) is 0 Å². The highest BCUT2D eigenvalue weighted by atomic mass is 16.3. The number of aliphatic hydroxyl groups is 2. The van der Waals surface area contributed by atoms with Crippen LogP contribution in [-0.4, -0.2) is 22.9 Å². The van der Waals surface area contributed by atoms with Gasteiger partial charge in [0.05, 0.1) is 12.7 Å². The topological polar surface area (TPSA) is 40.5 Å². The molecule has 1 aliphatic rings. The van der Waals surface area contributed by atoms with Crippen molar-refractivity contribution in [2.24, 2.45) is 0 Å². The lowest BCUT2D eigenvalue weighted by atomic mass is 10.1. The van der Waals surface area contributed by atoms with Crippen molar-refractivity contribution in [1.82, 2.24) is 0 Å². The largest absolute Gasteiger partial charge is 0.393 e. The first kappa shape index (κ1) is 6.52. The van der Waals surface area contributed by atoms with Crippen LogP contribution in [0, 0.1) is 0 Å². The summed E-state index contributed by atoms with van der Waals surface area (Å²) in [4.78, 5) is 0. The van der Waals surface area contributed by atoms with E-state index in [0.29, 0.717) is 0 Å². The van der Waals surface area contributed by atoms with Gasteiger partial charge in [0.2, 0.25) is 0 Å². The molecule has 0 aromatic heterocycles. The van der Waals surface area contributed by atoms with Gasteiger partial charge in [0.1, 0.15) is 0 Å². The van der Waals surface area contributed by atoms with Crippen molar-refractivity contribution in [3.05, 3.63) is 23.8 Å². The summed E-state index contributed by atoms with van der Waals surface area (Å²) >= 11 is 0. The second-order valence-corrected chi connectivity index (χ2v) is 2.07. The maximum atomic E-state index is 9.00. The maximum absolute atomic E-state index is 9.00. The van der Waals surface area contributed by atoms with Crippen LogP contribution in [0.2, 0.25) is 0 Å². The first-order valence-corrected chi connectivity index (χ1v) is 2.99. The van der Waals surface area contributed by atoms with E-state index in [1.54, 1.807) is 0 Å². The number of allylic oxidation sites excluding steroid dienone is 3. The molecule has 0 spiro atoms. The molecule has 50 valence electrons. The molecular weight excluding hydrogens is 116 g/mol. The van der Waals surface area contributed by atoms with Crippen molar-refractivity contribution >= 4 is 0 Å². The Morgan fingerprint density at radius 3 is 2.89 bits per heavy atom. The van der Waals surface area contributed by atoms with Gasteiger partial charge in [-0.25, -0.2) is 0 Å². The molecule has 1 aliphatic carbocycles. The molecule has 0 radical (unpaired) electrons. The van der Waals surface area contributed by atoms with Gasteiger partial charge in [-0.15, -0.1) is 0 Å². The first-order chi connectivity index (χ1) is 4.34. The van der Waals surface area contributed by atoms with E-state index in [2.05, 4.69) is 0 Å². The quantitative estimate of drug-likeness (QED) is 0.556. The highest BCUT2D eigenvalue weighted by Gasteiger charge is 2.08. The molecule has 2 N–H and O–H groups in total. The zero-order valence-corrected chi connectivity index (χ0v) is 5.12. The third kappa shape index (κ3) is 1.40. The Bertz CT molecular complexity index is 147. The van der Waals surface area contributed by atoms with E-state index in [1.165, 1.54) is 0 Å². The van der Waals surface area contributed by atoms with Crippen molar-refractivity contribution in [2.75, 3.05) is 6.61 Å². The predicted octanol–water partition coefficient (Wildman–Crippen LogP) is 0.226. The summed E-state index contributed by atoms with van der Waals surface area (Å²) in [7, 11) is 0. The van der Waals surface area contributed by atoms with Gasteiger partial charge in [0, 0.05) is 0 Å². The molecule has 1 atom stereocenters. The van der Waals surface area contributed by atoms with Gasteiger partial charge < -0.3 is 10.2 Å². The molecular formula is C7H10O2. The van der Waals surface area contributed by atoms with Crippen LogP contribution in [0.3, 0.4) is 0 Å². The number of hydrogen-bond acceptors (Lipinski definition) is 2. The lowest BCUT2D eigenvalue weighted by Gasteiger charge is -2.06. The molecule has 1 rings (SSSR count). The molecule has 0 aromatic carbocycles. The molecule has 0 aliphatic heterocycles. The zero-order valence-electron chi connectivity index (χ0n) is 5.12. The Morgan fingerprint density at radius 1 is 1.67 bits per heavy atom. The molecule has 0 fully saturated rings. The fraction of sp³-hybridized carbons (Fsp3) is 0.429. The molecule has 2 heteroatoms. The number of aliphatic hydroxyl groups excluding tert-OH is 2. The minimum Gasteiger partial charge on any atom is -0.393 e. The minimum absolute atomic E-state index is 0.173. The van der Waals surface area contributed by atoms with Crippen molar-refractivity contribution in [1.29, 1.82) is 0 Å². The van der Waals surface area contributed by atoms with Crippen molar-refractivity contribution in [2.45, 2.75) is 12.5 Å². The van der Waals surface area contributed by atoms with Crippen LogP contribution in [0.25, 0.3) is 0 Å². The number of rotatable bonds is 2. The number of hydrogen-bond donors (Lipinski definition) is 2. The highest BCUT2D eigenvalue weighted by molar-refractivity contribution is 5.25. The van der Waals surface area contributed by atoms with Crippen LogP contribution in [0.5, 0.6) is 0 Å². The SMILES string of the molecule is OCC(O)C1=CC=CC1. The van der Waals surface area contributed by atoms with Crippen molar-refractivity contribution in [3.8, 4) is 0 Å². The molecule has 9 heavy (non-hydrogen) atoms. The van der Waals surface area contributed by atoms with Crippen LogP contribution in [0.15, 0.2) is 23.8 Å².